The number of amides is 1. The molecule has 1 rings (SSSR count). The van der Waals surface area contributed by atoms with Crippen LogP contribution in [0.1, 0.15) is 10.5 Å². The first kappa shape index (κ1) is 11.1. The SMILES string of the molecule is O=C(NCC(Br)CO)c1ccccn1. The third-order valence-corrected chi connectivity index (χ3v) is 2.19. The smallest absolute Gasteiger partial charge is 0.269 e. The molecule has 1 amide bonds. The van der Waals surface area contributed by atoms with Crippen molar-refractivity contribution < 1.29 is 9.90 Å². The summed E-state index contributed by atoms with van der Waals surface area (Å²) in [5, 5.41) is 11.3. The molecule has 4 nitrogen and oxygen atoms in total. The highest BCUT2D eigenvalue weighted by Gasteiger charge is 2.07. The normalized spacial score (nSPS) is 12.1. The van der Waals surface area contributed by atoms with Crippen LogP contribution in [-0.2, 0) is 0 Å². The molecule has 1 aromatic rings. The van der Waals surface area contributed by atoms with Crippen LogP contribution in [-0.4, -0.2) is 34.0 Å². The minimum atomic E-state index is -0.233. The Hall–Kier alpha value is -0.940. The van der Waals surface area contributed by atoms with Crippen LogP contribution >= 0.6 is 15.9 Å². The molecule has 0 bridgehead atoms. The zero-order chi connectivity index (χ0) is 10.4. The van der Waals surface area contributed by atoms with Gasteiger partial charge in [0, 0.05) is 12.7 Å². The van der Waals surface area contributed by atoms with Gasteiger partial charge in [0.15, 0.2) is 0 Å². The van der Waals surface area contributed by atoms with Crippen molar-refractivity contribution in [3.8, 4) is 0 Å². The number of alkyl halides is 1. The molecule has 5 heteroatoms. The van der Waals surface area contributed by atoms with Gasteiger partial charge in [-0.3, -0.25) is 9.78 Å². The lowest BCUT2D eigenvalue weighted by molar-refractivity contribution is 0.0947. The van der Waals surface area contributed by atoms with Crippen molar-refractivity contribution in [2.45, 2.75) is 4.83 Å². The monoisotopic (exact) mass is 258 g/mol. The lowest BCUT2D eigenvalue weighted by Crippen LogP contribution is -2.31. The first-order chi connectivity index (χ1) is 6.74. The highest BCUT2D eigenvalue weighted by molar-refractivity contribution is 9.09. The molecule has 0 aliphatic carbocycles. The van der Waals surface area contributed by atoms with E-state index in [2.05, 4.69) is 26.2 Å². The van der Waals surface area contributed by atoms with Gasteiger partial charge in [0.05, 0.1) is 11.4 Å². The van der Waals surface area contributed by atoms with Crippen molar-refractivity contribution in [3.63, 3.8) is 0 Å². The Morgan fingerprint density at radius 3 is 3.00 bits per heavy atom. The quantitative estimate of drug-likeness (QED) is 0.777. The van der Waals surface area contributed by atoms with Crippen LogP contribution in [0.5, 0.6) is 0 Å². The van der Waals surface area contributed by atoms with Crippen LogP contribution in [0.2, 0.25) is 0 Å². The minimum absolute atomic E-state index is 0.0114. The van der Waals surface area contributed by atoms with Gasteiger partial charge in [0.1, 0.15) is 5.69 Å². The first-order valence-electron chi connectivity index (χ1n) is 4.18. The van der Waals surface area contributed by atoms with Crippen LogP contribution in [0.25, 0.3) is 0 Å². The topological polar surface area (TPSA) is 62.2 Å². The predicted molar refractivity (Wildman–Crippen MR) is 56.4 cm³/mol. The molecule has 0 saturated carbocycles. The second kappa shape index (κ2) is 5.72. The van der Waals surface area contributed by atoms with E-state index in [-0.39, 0.29) is 17.3 Å². The molecule has 0 aliphatic rings. The third-order valence-electron chi connectivity index (χ3n) is 1.58. The number of pyridine rings is 1. The number of hydrogen-bond acceptors (Lipinski definition) is 3. The van der Waals surface area contributed by atoms with Crippen molar-refractivity contribution in [1.82, 2.24) is 10.3 Å². The summed E-state index contributed by atoms with van der Waals surface area (Å²) in [5.41, 5.74) is 0.380. The molecular formula is C9H11BrN2O2. The largest absolute Gasteiger partial charge is 0.395 e. The minimum Gasteiger partial charge on any atom is -0.395 e. The Kier molecular flexibility index (Phi) is 4.55. The molecule has 1 aromatic heterocycles. The third kappa shape index (κ3) is 3.43. The zero-order valence-corrected chi connectivity index (χ0v) is 9.07. The Morgan fingerprint density at radius 2 is 2.43 bits per heavy atom. The van der Waals surface area contributed by atoms with Crippen molar-refractivity contribution in [2.75, 3.05) is 13.2 Å². The van der Waals surface area contributed by atoms with Gasteiger partial charge in [-0.2, -0.15) is 0 Å². The van der Waals surface area contributed by atoms with Crippen LogP contribution in [0.3, 0.4) is 0 Å². The predicted octanol–water partition coefficient (Wildman–Crippen LogP) is 0.567. The van der Waals surface area contributed by atoms with Gasteiger partial charge in [0.2, 0.25) is 0 Å². The summed E-state index contributed by atoms with van der Waals surface area (Å²) in [6.07, 6.45) is 1.56. The number of nitrogens with one attached hydrogen (secondary N) is 1. The van der Waals surface area contributed by atoms with Crippen molar-refractivity contribution in [1.29, 1.82) is 0 Å². The fourth-order valence-electron chi connectivity index (χ4n) is 0.856. The van der Waals surface area contributed by atoms with Gasteiger partial charge in [-0.15, -0.1) is 0 Å². The fraction of sp³-hybridized carbons (Fsp3) is 0.333. The summed E-state index contributed by atoms with van der Waals surface area (Å²) in [7, 11) is 0. The van der Waals surface area contributed by atoms with Gasteiger partial charge >= 0.3 is 0 Å². The Morgan fingerprint density at radius 1 is 1.64 bits per heavy atom. The Balaban J connectivity index is 2.44. The Bertz CT molecular complexity index is 292. The summed E-state index contributed by atoms with van der Waals surface area (Å²) in [4.78, 5) is 15.2. The summed E-state index contributed by atoms with van der Waals surface area (Å²) < 4.78 is 0. The van der Waals surface area contributed by atoms with E-state index in [0.29, 0.717) is 12.2 Å². The van der Waals surface area contributed by atoms with E-state index in [0.717, 1.165) is 0 Å². The molecular weight excluding hydrogens is 248 g/mol. The number of aromatic nitrogens is 1. The van der Waals surface area contributed by atoms with E-state index in [1.165, 1.54) is 0 Å². The van der Waals surface area contributed by atoms with E-state index >= 15 is 0 Å². The average molecular weight is 259 g/mol. The van der Waals surface area contributed by atoms with Crippen molar-refractivity contribution in [2.24, 2.45) is 0 Å². The summed E-state index contributed by atoms with van der Waals surface area (Å²) in [5.74, 6) is -0.233. The van der Waals surface area contributed by atoms with Crippen molar-refractivity contribution in [3.05, 3.63) is 30.1 Å². The summed E-state index contributed by atoms with van der Waals surface area (Å²) >= 11 is 3.19. The summed E-state index contributed by atoms with van der Waals surface area (Å²) in [6, 6.07) is 5.13. The number of rotatable bonds is 4. The molecule has 0 aliphatic heterocycles. The molecule has 1 unspecified atom stereocenters. The second-order valence-electron chi connectivity index (χ2n) is 2.70. The second-order valence-corrected chi connectivity index (χ2v) is 4.00. The highest BCUT2D eigenvalue weighted by atomic mass is 79.9. The van der Waals surface area contributed by atoms with E-state index in [1.54, 1.807) is 24.4 Å². The molecule has 2 N–H and O–H groups in total. The average Bonchev–Trinajstić information content (AvgIpc) is 2.26. The highest BCUT2D eigenvalue weighted by Crippen LogP contribution is 1.97. The van der Waals surface area contributed by atoms with E-state index in [1.807, 2.05) is 0 Å². The standard InChI is InChI=1S/C9H11BrN2O2/c10-7(6-13)5-12-9(14)8-3-1-2-4-11-8/h1-4,7,13H,5-6H2,(H,12,14). The van der Waals surface area contributed by atoms with Gasteiger partial charge in [0.25, 0.3) is 5.91 Å². The number of aliphatic hydroxyl groups excluding tert-OH is 1. The number of halogens is 1. The van der Waals surface area contributed by atoms with Gasteiger partial charge < -0.3 is 10.4 Å². The maximum Gasteiger partial charge on any atom is 0.269 e. The number of carbonyl (C=O) groups is 1. The molecule has 0 radical (unpaired) electrons. The first-order valence-corrected chi connectivity index (χ1v) is 5.09. The number of nitrogens with zero attached hydrogens (tertiary/aromatic N) is 1. The van der Waals surface area contributed by atoms with E-state index in [4.69, 9.17) is 5.11 Å². The maximum absolute atomic E-state index is 11.4. The molecule has 76 valence electrons. The lowest BCUT2D eigenvalue weighted by atomic mass is 10.3. The maximum atomic E-state index is 11.4. The molecule has 1 heterocycles. The number of aliphatic hydroxyl groups is 1. The number of carbonyl (C=O) groups excluding carboxylic acids is 1. The van der Waals surface area contributed by atoms with E-state index < -0.39 is 0 Å². The zero-order valence-electron chi connectivity index (χ0n) is 7.48. The van der Waals surface area contributed by atoms with E-state index in [9.17, 15) is 4.79 Å². The molecule has 0 aromatic carbocycles. The lowest BCUT2D eigenvalue weighted by Gasteiger charge is -2.07. The van der Waals surface area contributed by atoms with Gasteiger partial charge in [-0.1, -0.05) is 22.0 Å². The molecule has 0 fully saturated rings. The summed E-state index contributed by atoms with van der Waals surface area (Å²) in [6.45, 7) is 0.369. The van der Waals surface area contributed by atoms with Crippen molar-refractivity contribution >= 4 is 21.8 Å². The molecule has 0 saturated heterocycles. The Labute approximate surface area is 90.5 Å². The van der Waals surface area contributed by atoms with Gasteiger partial charge in [-0.05, 0) is 12.1 Å². The van der Waals surface area contributed by atoms with Crippen LogP contribution in [0.15, 0.2) is 24.4 Å². The molecule has 14 heavy (non-hydrogen) atoms. The van der Waals surface area contributed by atoms with Crippen LogP contribution in [0.4, 0.5) is 0 Å². The van der Waals surface area contributed by atoms with Crippen LogP contribution < -0.4 is 5.32 Å². The molecule has 1 atom stereocenters. The number of hydrogen-bond donors (Lipinski definition) is 2. The molecule has 0 spiro atoms. The van der Waals surface area contributed by atoms with Crippen LogP contribution in [0, 0.1) is 0 Å². The van der Waals surface area contributed by atoms with Gasteiger partial charge in [-0.25, -0.2) is 0 Å². The fourth-order valence-corrected chi connectivity index (χ4v) is 1.02.